The van der Waals surface area contributed by atoms with Crippen LogP contribution in [0.2, 0.25) is 13.1 Å². The van der Waals surface area contributed by atoms with Crippen molar-refractivity contribution in [2.24, 2.45) is 0 Å². The maximum Gasteiger partial charge on any atom is 0.112 e. The molecule has 5 aromatic carbocycles. The highest BCUT2D eigenvalue weighted by Crippen LogP contribution is 2.60. The Bertz CT molecular complexity index is 2000. The molecule has 0 spiro atoms. The van der Waals surface area contributed by atoms with Crippen LogP contribution in [0.15, 0.2) is 121 Å². The molecule has 2 atom stereocenters. The largest absolute Gasteiger partial charge is 0.334 e. The summed E-state index contributed by atoms with van der Waals surface area (Å²) in [4.78, 5) is 2.70. The lowest BCUT2D eigenvalue weighted by Gasteiger charge is -2.50. The van der Waals surface area contributed by atoms with E-state index >= 15 is 0 Å². The number of hydrogen-bond donors (Lipinski definition) is 0. The molecule has 0 amide bonds. The van der Waals surface area contributed by atoms with Crippen LogP contribution in [0.25, 0.3) is 27.5 Å². The summed E-state index contributed by atoms with van der Waals surface area (Å²) in [5.41, 5.74) is 8.20. The van der Waals surface area contributed by atoms with E-state index in [-0.39, 0.29) is 11.0 Å². The molecule has 1 aliphatic carbocycles. The zero-order chi connectivity index (χ0) is 29.4. The Hall–Kier alpha value is -4.08. The predicted molar refractivity (Wildman–Crippen MR) is 187 cm³/mol. The van der Waals surface area contributed by atoms with Crippen LogP contribution in [-0.2, 0) is 5.41 Å². The molecule has 2 heterocycles. The summed E-state index contributed by atoms with van der Waals surface area (Å²) in [6.45, 7) is 9.96. The van der Waals surface area contributed by atoms with Crippen LogP contribution in [0, 0.1) is 0 Å². The highest BCUT2D eigenvalue weighted by molar-refractivity contribution is 7.00. The normalized spacial score (nSPS) is 21.7. The topological polar surface area (TPSA) is 8.17 Å². The fourth-order valence-corrected chi connectivity index (χ4v) is 10.9. The molecule has 43 heavy (non-hydrogen) atoms. The zero-order valence-corrected chi connectivity index (χ0v) is 26.8. The Labute approximate surface area is 256 Å². The predicted octanol–water partition coefficient (Wildman–Crippen LogP) is 9.35. The first-order valence-electron chi connectivity index (χ1n) is 15.9. The van der Waals surface area contributed by atoms with E-state index in [2.05, 4.69) is 158 Å². The number of hydrogen-bond acceptors (Lipinski definition) is 1. The first-order chi connectivity index (χ1) is 20.8. The summed E-state index contributed by atoms with van der Waals surface area (Å²) in [5.74, 6) is 0. The van der Waals surface area contributed by atoms with Gasteiger partial charge in [-0.2, -0.15) is 0 Å². The molecule has 0 N–H and O–H groups in total. The number of anilines is 2. The zero-order valence-electron chi connectivity index (χ0n) is 25.8. The molecule has 3 heteroatoms. The van der Waals surface area contributed by atoms with Gasteiger partial charge in [0.2, 0.25) is 0 Å². The van der Waals surface area contributed by atoms with Gasteiger partial charge < -0.3 is 9.47 Å². The van der Waals surface area contributed by atoms with Gasteiger partial charge in [-0.25, -0.2) is 0 Å². The number of rotatable bonds is 4. The average molecular weight is 577 g/mol. The quantitative estimate of drug-likeness (QED) is 0.190. The molecule has 2 nitrogen and oxygen atoms in total. The number of aromatic nitrogens is 1. The lowest BCUT2D eigenvalue weighted by atomic mass is 9.61. The molecular weight excluding hydrogens is 537 g/mol. The summed E-state index contributed by atoms with van der Waals surface area (Å²) < 4.78 is 2.48. The van der Waals surface area contributed by atoms with Crippen molar-refractivity contribution in [2.75, 3.05) is 4.90 Å². The Kier molecular flexibility index (Phi) is 5.84. The third-order valence-corrected chi connectivity index (χ3v) is 14.8. The van der Waals surface area contributed by atoms with Crippen molar-refractivity contribution in [1.29, 1.82) is 0 Å². The van der Waals surface area contributed by atoms with Gasteiger partial charge in [-0.15, -0.1) is 0 Å². The molecule has 8 rings (SSSR count). The molecule has 2 aliphatic rings. The Morgan fingerprint density at radius 2 is 1.28 bits per heavy atom. The summed E-state index contributed by atoms with van der Waals surface area (Å²) in [7, 11) is -1.85. The van der Waals surface area contributed by atoms with Crippen LogP contribution in [0.3, 0.4) is 0 Å². The molecule has 6 aromatic rings. The molecule has 214 valence electrons. The summed E-state index contributed by atoms with van der Waals surface area (Å²) in [6.07, 6.45) is 5.06. The van der Waals surface area contributed by atoms with Crippen molar-refractivity contribution >= 4 is 51.6 Å². The lowest BCUT2D eigenvalue weighted by molar-refractivity contribution is 0.195. The Morgan fingerprint density at radius 1 is 0.581 bits per heavy atom. The van der Waals surface area contributed by atoms with Gasteiger partial charge >= 0.3 is 0 Å². The molecule has 2 unspecified atom stereocenters. The number of para-hydroxylation sites is 2. The number of nitrogens with zero attached hydrogens (tertiary/aromatic N) is 2. The van der Waals surface area contributed by atoms with Gasteiger partial charge in [0.1, 0.15) is 8.07 Å². The van der Waals surface area contributed by atoms with Crippen molar-refractivity contribution in [3.8, 4) is 5.69 Å². The molecule has 0 saturated heterocycles. The van der Waals surface area contributed by atoms with Crippen molar-refractivity contribution in [2.45, 2.75) is 63.6 Å². The molecular formula is C40H40N2Si. The van der Waals surface area contributed by atoms with E-state index in [1.807, 2.05) is 0 Å². The first-order valence-corrected chi connectivity index (χ1v) is 18.9. The summed E-state index contributed by atoms with van der Waals surface area (Å²) in [5, 5.41) is 5.56. The van der Waals surface area contributed by atoms with E-state index in [0.717, 1.165) is 0 Å². The average Bonchev–Trinajstić information content (AvgIpc) is 3.48. The summed E-state index contributed by atoms with van der Waals surface area (Å²) >= 11 is 0. The van der Waals surface area contributed by atoms with Crippen LogP contribution >= 0.6 is 0 Å². The first kappa shape index (κ1) is 26.5. The monoisotopic (exact) mass is 576 g/mol. The maximum absolute atomic E-state index is 2.70. The van der Waals surface area contributed by atoms with E-state index in [1.165, 1.54) is 80.5 Å². The van der Waals surface area contributed by atoms with E-state index in [9.17, 15) is 0 Å². The van der Waals surface area contributed by atoms with E-state index in [1.54, 1.807) is 0 Å². The van der Waals surface area contributed by atoms with Crippen LogP contribution in [0.4, 0.5) is 11.4 Å². The molecule has 0 radical (unpaired) electrons. The van der Waals surface area contributed by atoms with Crippen molar-refractivity contribution in [3.63, 3.8) is 0 Å². The third-order valence-electron chi connectivity index (χ3n) is 11.2. The van der Waals surface area contributed by atoms with Crippen molar-refractivity contribution < 1.29 is 0 Å². The SMILES string of the molecule is CC12CCCCC1(C)N(c1ccc3c(c1)c1ccccc1n3-c1cccc([Si](C)(C)c3ccccc3)c1)c1ccccc12. The minimum Gasteiger partial charge on any atom is -0.334 e. The molecule has 1 aromatic heterocycles. The molecule has 1 saturated carbocycles. The van der Waals surface area contributed by atoms with Crippen LogP contribution in [-0.4, -0.2) is 18.2 Å². The minimum absolute atomic E-state index is 0.0585. The standard InChI is InChI=1S/C40H40N2Si/c1-39-25-12-13-26-40(39,2)42(38-22-11-9-20-35(38)39)30-23-24-37-34(28-30)33-19-8-10-21-36(33)41(37)29-15-14-18-32(27-29)43(3,4)31-16-6-5-7-17-31/h5-11,14-24,27-28H,12-13,25-26H2,1-4H3. The van der Waals surface area contributed by atoms with Gasteiger partial charge in [-0.3, -0.25) is 0 Å². The van der Waals surface area contributed by atoms with Gasteiger partial charge in [0, 0.05) is 33.2 Å². The fraction of sp³-hybridized carbons (Fsp3) is 0.250. The van der Waals surface area contributed by atoms with Gasteiger partial charge in [-0.1, -0.05) is 122 Å². The van der Waals surface area contributed by atoms with Crippen LogP contribution < -0.4 is 15.3 Å². The van der Waals surface area contributed by atoms with Gasteiger partial charge in [-0.05, 0) is 67.8 Å². The highest BCUT2D eigenvalue weighted by atomic mass is 28.3. The molecule has 1 fully saturated rings. The van der Waals surface area contributed by atoms with Crippen molar-refractivity contribution in [1.82, 2.24) is 4.57 Å². The van der Waals surface area contributed by atoms with E-state index in [0.29, 0.717) is 0 Å². The lowest BCUT2D eigenvalue weighted by Crippen LogP contribution is -2.54. The second kappa shape index (κ2) is 9.46. The minimum atomic E-state index is -1.85. The van der Waals surface area contributed by atoms with Crippen molar-refractivity contribution in [3.05, 3.63) is 127 Å². The fourth-order valence-electron chi connectivity index (χ4n) is 8.53. The van der Waals surface area contributed by atoms with Gasteiger partial charge in [0.15, 0.2) is 0 Å². The second-order valence-corrected chi connectivity index (χ2v) is 18.2. The van der Waals surface area contributed by atoms with E-state index < -0.39 is 8.07 Å². The highest BCUT2D eigenvalue weighted by Gasteiger charge is 2.57. The van der Waals surface area contributed by atoms with E-state index in [4.69, 9.17) is 0 Å². The molecule has 0 bridgehead atoms. The smallest absolute Gasteiger partial charge is 0.112 e. The summed E-state index contributed by atoms with van der Waals surface area (Å²) in [6, 6.07) is 45.7. The molecule has 1 aliphatic heterocycles. The second-order valence-electron chi connectivity index (χ2n) is 13.8. The Morgan fingerprint density at radius 3 is 2.14 bits per heavy atom. The van der Waals surface area contributed by atoms with Crippen LogP contribution in [0.1, 0.15) is 45.1 Å². The third kappa shape index (κ3) is 3.70. The van der Waals surface area contributed by atoms with Gasteiger partial charge in [0.25, 0.3) is 0 Å². The van der Waals surface area contributed by atoms with Crippen LogP contribution in [0.5, 0.6) is 0 Å². The van der Waals surface area contributed by atoms with Gasteiger partial charge in [0.05, 0.1) is 16.6 Å². The maximum atomic E-state index is 2.70. The number of fused-ring (bicyclic) bond motifs is 6. The number of benzene rings is 5. The Balaban J connectivity index is 1.31.